The Hall–Kier alpha value is -3.10. The van der Waals surface area contributed by atoms with Gasteiger partial charge in [0.25, 0.3) is 5.91 Å². The average Bonchev–Trinajstić information content (AvgIpc) is 3.06. The molecule has 0 aromatic heterocycles. The maximum atomic E-state index is 13.4. The van der Waals surface area contributed by atoms with Gasteiger partial charge in [0.2, 0.25) is 0 Å². The molecule has 0 fully saturated rings. The first-order valence-electron chi connectivity index (χ1n) is 10.0. The van der Waals surface area contributed by atoms with Crippen molar-refractivity contribution < 1.29 is 4.79 Å². The van der Waals surface area contributed by atoms with Gasteiger partial charge in [-0.15, -0.1) is 0 Å². The maximum Gasteiger partial charge on any atom is 0.262 e. The van der Waals surface area contributed by atoms with Crippen molar-refractivity contribution >= 4 is 35.0 Å². The number of amides is 1. The van der Waals surface area contributed by atoms with Crippen molar-refractivity contribution in [3.05, 3.63) is 112 Å². The number of nitrogens with zero attached hydrogens (tertiary/aromatic N) is 1. The molecule has 0 spiro atoms. The second-order valence-electron chi connectivity index (χ2n) is 8.48. The van der Waals surface area contributed by atoms with Gasteiger partial charge in [-0.25, -0.2) is 0 Å². The fraction of sp³-hybridized carbons (Fsp3) is 0.148. The molecule has 1 heterocycles. The van der Waals surface area contributed by atoms with Crippen molar-refractivity contribution in [3.63, 3.8) is 0 Å². The minimum Gasteiger partial charge on any atom is -0.276 e. The van der Waals surface area contributed by atoms with Gasteiger partial charge in [0, 0.05) is 16.3 Å². The highest BCUT2D eigenvalue weighted by Gasteiger charge is 2.30. The van der Waals surface area contributed by atoms with Gasteiger partial charge in [-0.2, -0.15) is 0 Å². The molecule has 0 bridgehead atoms. The van der Waals surface area contributed by atoms with Crippen LogP contribution in [0, 0.1) is 0 Å². The van der Waals surface area contributed by atoms with E-state index in [4.69, 9.17) is 11.6 Å². The quantitative estimate of drug-likeness (QED) is 0.419. The predicted molar refractivity (Wildman–Crippen MR) is 126 cm³/mol. The lowest BCUT2D eigenvalue weighted by Gasteiger charge is -2.23. The molecule has 3 heteroatoms. The van der Waals surface area contributed by atoms with Crippen LogP contribution in [0.15, 0.2) is 90.5 Å². The Morgan fingerprint density at radius 1 is 0.833 bits per heavy atom. The van der Waals surface area contributed by atoms with E-state index in [0.29, 0.717) is 10.6 Å². The second-order valence-corrected chi connectivity index (χ2v) is 8.92. The van der Waals surface area contributed by atoms with Crippen LogP contribution in [0.1, 0.15) is 37.5 Å². The van der Waals surface area contributed by atoms with E-state index in [1.54, 1.807) is 4.90 Å². The van der Waals surface area contributed by atoms with Crippen molar-refractivity contribution in [1.29, 1.82) is 0 Å². The number of carbonyl (C=O) groups is 1. The Kier molecular flexibility index (Phi) is 5.36. The third kappa shape index (κ3) is 4.10. The molecule has 0 saturated heterocycles. The monoisotopic (exact) mass is 413 g/mol. The Bertz CT molecular complexity index is 1120. The van der Waals surface area contributed by atoms with Crippen LogP contribution in [0.25, 0.3) is 11.8 Å². The minimum absolute atomic E-state index is 0.0349. The van der Waals surface area contributed by atoms with E-state index in [-0.39, 0.29) is 11.3 Å². The topological polar surface area (TPSA) is 20.3 Å². The number of carbonyl (C=O) groups excluding carboxylic acids is 1. The van der Waals surface area contributed by atoms with Crippen molar-refractivity contribution in [2.24, 2.45) is 0 Å². The summed E-state index contributed by atoms with van der Waals surface area (Å²) in [4.78, 5) is 15.2. The van der Waals surface area contributed by atoms with Gasteiger partial charge in [0.05, 0.1) is 5.70 Å². The molecule has 0 unspecified atom stereocenters. The lowest BCUT2D eigenvalue weighted by atomic mass is 9.87. The SMILES string of the molecule is CC(C)(C)c1ccc(N2C(=O)C(=Cc3ccc(Cl)cc3)C=C2c2ccccc2)cc1. The van der Waals surface area contributed by atoms with Gasteiger partial charge in [-0.1, -0.05) is 87.0 Å². The summed E-state index contributed by atoms with van der Waals surface area (Å²) >= 11 is 6.00. The molecule has 0 aliphatic carbocycles. The molecular formula is C27H24ClNO. The molecule has 1 aliphatic rings. The van der Waals surface area contributed by atoms with Crippen molar-refractivity contribution in [2.75, 3.05) is 4.90 Å². The lowest BCUT2D eigenvalue weighted by molar-refractivity contribution is -0.113. The Morgan fingerprint density at radius 2 is 1.47 bits per heavy atom. The zero-order chi connectivity index (χ0) is 21.3. The van der Waals surface area contributed by atoms with Gasteiger partial charge < -0.3 is 0 Å². The van der Waals surface area contributed by atoms with E-state index in [1.807, 2.05) is 78.9 Å². The number of rotatable bonds is 3. The Morgan fingerprint density at radius 3 is 2.07 bits per heavy atom. The predicted octanol–water partition coefficient (Wildman–Crippen LogP) is 7.11. The summed E-state index contributed by atoms with van der Waals surface area (Å²) in [6, 6.07) is 25.8. The highest BCUT2D eigenvalue weighted by molar-refractivity contribution is 6.30. The van der Waals surface area contributed by atoms with E-state index < -0.39 is 0 Å². The van der Waals surface area contributed by atoms with Gasteiger partial charge in [0.1, 0.15) is 0 Å². The summed E-state index contributed by atoms with van der Waals surface area (Å²) in [5.41, 5.74) is 5.63. The van der Waals surface area contributed by atoms with E-state index in [0.717, 1.165) is 22.5 Å². The first-order valence-corrected chi connectivity index (χ1v) is 10.4. The highest BCUT2D eigenvalue weighted by Crippen LogP contribution is 2.36. The third-order valence-electron chi connectivity index (χ3n) is 5.24. The molecule has 0 N–H and O–H groups in total. The van der Waals surface area contributed by atoms with Crippen LogP contribution in [0.4, 0.5) is 5.69 Å². The first kappa shape index (κ1) is 20.2. The normalized spacial score (nSPS) is 15.6. The molecule has 3 aromatic rings. The molecule has 1 amide bonds. The lowest BCUT2D eigenvalue weighted by Crippen LogP contribution is -2.25. The van der Waals surface area contributed by atoms with Crippen LogP contribution in [0.5, 0.6) is 0 Å². The Balaban J connectivity index is 1.77. The molecule has 0 radical (unpaired) electrons. The molecule has 3 aromatic carbocycles. The van der Waals surface area contributed by atoms with Crippen molar-refractivity contribution in [3.8, 4) is 0 Å². The summed E-state index contributed by atoms with van der Waals surface area (Å²) in [5.74, 6) is -0.0349. The molecule has 4 rings (SSSR count). The Labute approximate surface area is 183 Å². The van der Waals surface area contributed by atoms with Crippen LogP contribution in [0.2, 0.25) is 5.02 Å². The third-order valence-corrected chi connectivity index (χ3v) is 5.49. The molecule has 0 saturated carbocycles. The number of benzene rings is 3. The van der Waals surface area contributed by atoms with Gasteiger partial charge in [-0.3, -0.25) is 9.69 Å². The number of hydrogen-bond acceptors (Lipinski definition) is 1. The molecule has 1 aliphatic heterocycles. The van der Waals surface area contributed by atoms with Crippen LogP contribution < -0.4 is 4.90 Å². The fourth-order valence-electron chi connectivity index (χ4n) is 3.54. The van der Waals surface area contributed by atoms with Gasteiger partial charge in [0.15, 0.2) is 0 Å². The second kappa shape index (κ2) is 7.97. The van der Waals surface area contributed by atoms with Gasteiger partial charge >= 0.3 is 0 Å². The van der Waals surface area contributed by atoms with E-state index in [2.05, 4.69) is 32.9 Å². The zero-order valence-corrected chi connectivity index (χ0v) is 18.1. The summed E-state index contributed by atoms with van der Waals surface area (Å²) in [7, 11) is 0. The standard InChI is InChI=1S/C27H24ClNO/c1-27(2,3)22-11-15-24(16-12-22)29-25(20-7-5-4-6-8-20)18-21(26(29)30)17-19-9-13-23(28)14-10-19/h4-18H,1-3H3. The summed E-state index contributed by atoms with van der Waals surface area (Å²) < 4.78 is 0. The fourth-order valence-corrected chi connectivity index (χ4v) is 3.67. The zero-order valence-electron chi connectivity index (χ0n) is 17.4. The van der Waals surface area contributed by atoms with Crippen LogP contribution in [-0.4, -0.2) is 5.91 Å². The molecular weight excluding hydrogens is 390 g/mol. The molecule has 2 nitrogen and oxygen atoms in total. The van der Waals surface area contributed by atoms with Crippen LogP contribution in [0.3, 0.4) is 0 Å². The largest absolute Gasteiger partial charge is 0.276 e. The van der Waals surface area contributed by atoms with Crippen LogP contribution >= 0.6 is 11.6 Å². The number of hydrogen-bond donors (Lipinski definition) is 0. The summed E-state index contributed by atoms with van der Waals surface area (Å²) in [5, 5.41) is 0.677. The van der Waals surface area contributed by atoms with E-state index in [9.17, 15) is 4.79 Å². The molecule has 30 heavy (non-hydrogen) atoms. The minimum atomic E-state index is -0.0349. The van der Waals surface area contributed by atoms with E-state index >= 15 is 0 Å². The highest BCUT2D eigenvalue weighted by atomic mass is 35.5. The maximum absolute atomic E-state index is 13.4. The number of halogens is 1. The summed E-state index contributed by atoms with van der Waals surface area (Å²) in [6.45, 7) is 6.56. The molecule has 0 atom stereocenters. The summed E-state index contributed by atoms with van der Waals surface area (Å²) in [6.07, 6.45) is 3.87. The van der Waals surface area contributed by atoms with Crippen molar-refractivity contribution in [2.45, 2.75) is 26.2 Å². The smallest absolute Gasteiger partial charge is 0.262 e. The van der Waals surface area contributed by atoms with Crippen LogP contribution in [-0.2, 0) is 10.2 Å². The molecule has 150 valence electrons. The average molecular weight is 414 g/mol. The van der Waals surface area contributed by atoms with E-state index in [1.165, 1.54) is 5.56 Å². The van der Waals surface area contributed by atoms with Crippen molar-refractivity contribution in [1.82, 2.24) is 0 Å². The number of anilines is 1. The first-order chi connectivity index (χ1) is 14.3. The van der Waals surface area contributed by atoms with Gasteiger partial charge in [-0.05, 0) is 58.5 Å².